The zero-order valence-electron chi connectivity index (χ0n) is 13.1. The van der Waals surface area contributed by atoms with Gasteiger partial charge in [-0.25, -0.2) is 0 Å². The maximum Gasteiger partial charge on any atom is 0.253 e. The summed E-state index contributed by atoms with van der Waals surface area (Å²) in [6.07, 6.45) is 0. The van der Waals surface area contributed by atoms with Crippen LogP contribution >= 0.6 is 15.9 Å². The largest absolute Gasteiger partial charge is 0.454 e. The fraction of sp³-hybridized carbons (Fsp3) is 0.278. The first-order valence-electron chi connectivity index (χ1n) is 7.90. The number of halogens is 1. The molecule has 2 aliphatic heterocycles. The van der Waals surface area contributed by atoms with Gasteiger partial charge in [0.15, 0.2) is 11.5 Å². The lowest BCUT2D eigenvalue weighted by molar-refractivity contribution is 0.0746. The van der Waals surface area contributed by atoms with Crippen LogP contribution in [-0.4, -0.2) is 43.8 Å². The molecule has 2 aromatic carbocycles. The van der Waals surface area contributed by atoms with Gasteiger partial charge in [-0.1, -0.05) is 15.9 Å². The molecule has 0 aromatic heterocycles. The van der Waals surface area contributed by atoms with Gasteiger partial charge in [0.05, 0.1) is 0 Å². The molecule has 0 radical (unpaired) electrons. The number of carbonyl (C=O) groups excluding carboxylic acids is 1. The monoisotopic (exact) mass is 388 g/mol. The Bertz CT molecular complexity index is 755. The Kier molecular flexibility index (Phi) is 4.06. The van der Waals surface area contributed by atoms with E-state index in [0.29, 0.717) is 13.1 Å². The molecule has 2 aromatic rings. The molecule has 4 rings (SSSR count). The fourth-order valence-electron chi connectivity index (χ4n) is 3.02. The summed E-state index contributed by atoms with van der Waals surface area (Å²) in [7, 11) is 0. The predicted molar refractivity (Wildman–Crippen MR) is 94.8 cm³/mol. The molecule has 0 spiro atoms. The molecule has 0 N–H and O–H groups in total. The standard InChI is InChI=1S/C18H17BrN2O3/c19-14-3-1-13(2-4-14)18(22)21-9-7-20(8-10-21)15-5-6-16-17(11-15)24-12-23-16/h1-6,11H,7-10,12H2. The normalized spacial score (nSPS) is 16.4. The Morgan fingerprint density at radius 3 is 2.38 bits per heavy atom. The molecular formula is C18H17BrN2O3. The van der Waals surface area contributed by atoms with E-state index < -0.39 is 0 Å². The summed E-state index contributed by atoms with van der Waals surface area (Å²) in [4.78, 5) is 16.7. The minimum atomic E-state index is 0.0906. The van der Waals surface area contributed by atoms with Gasteiger partial charge in [0.1, 0.15) is 0 Å². The molecule has 2 heterocycles. The van der Waals surface area contributed by atoms with Crippen LogP contribution in [-0.2, 0) is 0 Å². The van der Waals surface area contributed by atoms with Crippen LogP contribution in [0.4, 0.5) is 5.69 Å². The van der Waals surface area contributed by atoms with Crippen LogP contribution in [0, 0.1) is 0 Å². The molecule has 2 aliphatic rings. The Labute approximate surface area is 148 Å². The average molecular weight is 389 g/mol. The van der Waals surface area contributed by atoms with Gasteiger partial charge >= 0.3 is 0 Å². The van der Waals surface area contributed by atoms with Crippen molar-refractivity contribution in [1.82, 2.24) is 4.90 Å². The highest BCUT2D eigenvalue weighted by atomic mass is 79.9. The van der Waals surface area contributed by atoms with E-state index in [4.69, 9.17) is 9.47 Å². The molecule has 1 fully saturated rings. The molecule has 0 saturated carbocycles. The smallest absolute Gasteiger partial charge is 0.253 e. The molecule has 1 amide bonds. The Hall–Kier alpha value is -2.21. The summed E-state index contributed by atoms with van der Waals surface area (Å²) in [5.41, 5.74) is 1.84. The van der Waals surface area contributed by atoms with E-state index in [1.165, 1.54) is 0 Å². The summed E-state index contributed by atoms with van der Waals surface area (Å²) in [5, 5.41) is 0. The molecule has 1 saturated heterocycles. The quantitative estimate of drug-likeness (QED) is 0.792. The second-order valence-corrected chi connectivity index (χ2v) is 6.74. The van der Waals surface area contributed by atoms with Crippen LogP contribution in [0.15, 0.2) is 46.9 Å². The number of fused-ring (bicyclic) bond motifs is 1. The molecular weight excluding hydrogens is 372 g/mol. The lowest BCUT2D eigenvalue weighted by Gasteiger charge is -2.36. The predicted octanol–water partition coefficient (Wildman–Crippen LogP) is 3.14. The first-order chi connectivity index (χ1) is 11.7. The van der Waals surface area contributed by atoms with Gasteiger partial charge in [0.25, 0.3) is 5.91 Å². The van der Waals surface area contributed by atoms with Gasteiger partial charge in [0.2, 0.25) is 6.79 Å². The van der Waals surface area contributed by atoms with Gasteiger partial charge in [-0.15, -0.1) is 0 Å². The fourth-order valence-corrected chi connectivity index (χ4v) is 3.29. The van der Waals surface area contributed by atoms with Crippen LogP contribution in [0.25, 0.3) is 0 Å². The third-order valence-corrected chi connectivity index (χ3v) is 4.91. The highest BCUT2D eigenvalue weighted by Gasteiger charge is 2.23. The van der Waals surface area contributed by atoms with Crippen molar-refractivity contribution < 1.29 is 14.3 Å². The van der Waals surface area contributed by atoms with Gasteiger partial charge in [0, 0.05) is 48.0 Å². The van der Waals surface area contributed by atoms with Crippen molar-refractivity contribution in [2.24, 2.45) is 0 Å². The number of carbonyl (C=O) groups is 1. The van der Waals surface area contributed by atoms with Crippen molar-refractivity contribution in [2.45, 2.75) is 0 Å². The van der Waals surface area contributed by atoms with Crippen LogP contribution in [0.2, 0.25) is 0 Å². The van der Waals surface area contributed by atoms with Gasteiger partial charge in [-0.2, -0.15) is 0 Å². The van der Waals surface area contributed by atoms with Crippen LogP contribution in [0.3, 0.4) is 0 Å². The SMILES string of the molecule is O=C(c1ccc(Br)cc1)N1CCN(c2ccc3c(c2)OCO3)CC1. The summed E-state index contributed by atoms with van der Waals surface area (Å²) >= 11 is 3.39. The van der Waals surface area contributed by atoms with Crippen molar-refractivity contribution in [2.75, 3.05) is 37.9 Å². The number of ether oxygens (including phenoxy) is 2. The molecule has 124 valence electrons. The average Bonchev–Trinajstić information content (AvgIpc) is 3.09. The first kappa shape index (κ1) is 15.3. The number of amides is 1. The Morgan fingerprint density at radius 1 is 0.917 bits per heavy atom. The van der Waals surface area contributed by atoms with E-state index in [9.17, 15) is 4.79 Å². The third kappa shape index (κ3) is 2.94. The van der Waals surface area contributed by atoms with E-state index in [2.05, 4.69) is 20.8 Å². The second-order valence-electron chi connectivity index (χ2n) is 5.82. The maximum absolute atomic E-state index is 12.6. The lowest BCUT2D eigenvalue weighted by atomic mass is 10.1. The van der Waals surface area contributed by atoms with E-state index in [-0.39, 0.29) is 12.7 Å². The zero-order chi connectivity index (χ0) is 16.5. The van der Waals surface area contributed by atoms with E-state index in [1.807, 2.05) is 47.4 Å². The molecule has 6 heteroatoms. The van der Waals surface area contributed by atoms with Crippen molar-refractivity contribution in [1.29, 1.82) is 0 Å². The number of anilines is 1. The molecule has 24 heavy (non-hydrogen) atoms. The minimum absolute atomic E-state index is 0.0906. The van der Waals surface area contributed by atoms with Gasteiger partial charge in [-0.3, -0.25) is 4.79 Å². The summed E-state index contributed by atoms with van der Waals surface area (Å²) < 4.78 is 11.8. The van der Waals surface area contributed by atoms with E-state index in [0.717, 1.165) is 40.3 Å². The molecule has 0 unspecified atom stereocenters. The first-order valence-corrected chi connectivity index (χ1v) is 8.69. The summed E-state index contributed by atoms with van der Waals surface area (Å²) in [5.74, 6) is 1.68. The highest BCUT2D eigenvalue weighted by Crippen LogP contribution is 2.35. The Balaban J connectivity index is 1.41. The Morgan fingerprint density at radius 2 is 1.62 bits per heavy atom. The number of benzene rings is 2. The number of hydrogen-bond acceptors (Lipinski definition) is 4. The summed E-state index contributed by atoms with van der Waals surface area (Å²) in [6, 6.07) is 13.5. The van der Waals surface area contributed by atoms with E-state index in [1.54, 1.807) is 0 Å². The topological polar surface area (TPSA) is 42.0 Å². The van der Waals surface area contributed by atoms with Crippen molar-refractivity contribution in [3.8, 4) is 11.5 Å². The van der Waals surface area contributed by atoms with Gasteiger partial charge in [-0.05, 0) is 36.4 Å². The molecule has 0 bridgehead atoms. The van der Waals surface area contributed by atoms with Crippen molar-refractivity contribution in [3.05, 3.63) is 52.5 Å². The number of rotatable bonds is 2. The molecule has 0 atom stereocenters. The third-order valence-electron chi connectivity index (χ3n) is 4.38. The molecule has 5 nitrogen and oxygen atoms in total. The van der Waals surface area contributed by atoms with Crippen LogP contribution in [0.1, 0.15) is 10.4 Å². The van der Waals surface area contributed by atoms with Crippen LogP contribution < -0.4 is 14.4 Å². The lowest BCUT2D eigenvalue weighted by Crippen LogP contribution is -2.48. The zero-order valence-corrected chi connectivity index (χ0v) is 14.7. The van der Waals surface area contributed by atoms with E-state index >= 15 is 0 Å². The maximum atomic E-state index is 12.6. The highest BCUT2D eigenvalue weighted by molar-refractivity contribution is 9.10. The number of nitrogens with zero attached hydrogens (tertiary/aromatic N) is 2. The number of hydrogen-bond donors (Lipinski definition) is 0. The molecule has 0 aliphatic carbocycles. The minimum Gasteiger partial charge on any atom is -0.454 e. The summed E-state index contributed by atoms with van der Waals surface area (Å²) in [6.45, 7) is 3.32. The second kappa shape index (κ2) is 6.36. The van der Waals surface area contributed by atoms with Gasteiger partial charge < -0.3 is 19.3 Å². The van der Waals surface area contributed by atoms with Crippen LogP contribution in [0.5, 0.6) is 11.5 Å². The van der Waals surface area contributed by atoms with Crippen molar-refractivity contribution in [3.63, 3.8) is 0 Å². The number of piperazine rings is 1. The van der Waals surface area contributed by atoms with Crippen molar-refractivity contribution >= 4 is 27.5 Å².